The van der Waals surface area contributed by atoms with Gasteiger partial charge in [0.2, 0.25) is 10.0 Å². The van der Waals surface area contributed by atoms with Gasteiger partial charge >= 0.3 is 0 Å². The summed E-state index contributed by atoms with van der Waals surface area (Å²) in [6.07, 6.45) is 3.36. The van der Waals surface area contributed by atoms with Crippen LogP contribution in [0.25, 0.3) is 0 Å². The average Bonchev–Trinajstić information content (AvgIpc) is 2.73. The molecule has 0 aliphatic carbocycles. The molecule has 2 aromatic carbocycles. The molecule has 0 saturated heterocycles. The molecule has 34 heavy (non-hydrogen) atoms. The summed E-state index contributed by atoms with van der Waals surface area (Å²) in [6, 6.07) is 14.5. The SMILES string of the molecule is Cc1ccc(S(=O)(=O)N(Cc2cccnc2)Cc2cc(C(C)(C)C)c(O)c(C(C)(C)C)c2)cc1. The van der Waals surface area contributed by atoms with Gasteiger partial charge in [0, 0.05) is 25.5 Å². The number of aryl methyl sites for hydroxylation is 1. The molecule has 0 unspecified atom stereocenters. The van der Waals surface area contributed by atoms with Gasteiger partial charge in [0.05, 0.1) is 4.90 Å². The Kier molecular flexibility index (Phi) is 7.25. The van der Waals surface area contributed by atoms with Gasteiger partial charge in [-0.15, -0.1) is 0 Å². The first-order valence-corrected chi connectivity index (χ1v) is 13.0. The molecular weight excluding hydrogens is 444 g/mol. The van der Waals surface area contributed by atoms with Crippen molar-refractivity contribution in [1.82, 2.24) is 9.29 Å². The predicted octanol–water partition coefficient (Wildman–Crippen LogP) is 6.08. The largest absolute Gasteiger partial charge is 0.507 e. The number of rotatable bonds is 6. The molecule has 182 valence electrons. The molecule has 0 fully saturated rings. The highest BCUT2D eigenvalue weighted by atomic mass is 32.2. The maximum atomic E-state index is 13.7. The fraction of sp³-hybridized carbons (Fsp3) is 0.393. The number of sulfonamides is 1. The second kappa shape index (κ2) is 9.51. The number of hydrogen-bond donors (Lipinski definition) is 1. The van der Waals surface area contributed by atoms with Gasteiger partial charge in [-0.2, -0.15) is 4.31 Å². The van der Waals surface area contributed by atoms with Crippen LogP contribution in [0.5, 0.6) is 5.75 Å². The van der Waals surface area contributed by atoms with Gasteiger partial charge in [0.25, 0.3) is 0 Å². The number of aromatic hydroxyl groups is 1. The summed E-state index contributed by atoms with van der Waals surface area (Å²) in [5, 5.41) is 11.1. The smallest absolute Gasteiger partial charge is 0.243 e. The lowest BCUT2D eigenvalue weighted by Gasteiger charge is -2.29. The maximum Gasteiger partial charge on any atom is 0.243 e. The van der Waals surface area contributed by atoms with Gasteiger partial charge in [-0.1, -0.05) is 77.4 Å². The fourth-order valence-corrected chi connectivity index (χ4v) is 5.33. The Morgan fingerprint density at radius 3 is 1.85 bits per heavy atom. The van der Waals surface area contributed by atoms with Crippen molar-refractivity contribution in [3.05, 3.63) is 88.7 Å². The molecule has 0 bridgehead atoms. The summed E-state index contributed by atoms with van der Waals surface area (Å²) in [5.74, 6) is 0.281. The first-order chi connectivity index (χ1) is 15.7. The molecule has 0 saturated carbocycles. The van der Waals surface area contributed by atoms with Gasteiger partial charge < -0.3 is 5.11 Å². The van der Waals surface area contributed by atoms with Crippen LogP contribution in [0.2, 0.25) is 0 Å². The Bertz CT molecular complexity index is 1200. The minimum Gasteiger partial charge on any atom is -0.507 e. The molecule has 1 N–H and O–H groups in total. The van der Waals surface area contributed by atoms with E-state index in [1.165, 1.54) is 4.31 Å². The van der Waals surface area contributed by atoms with E-state index in [2.05, 4.69) is 46.5 Å². The van der Waals surface area contributed by atoms with E-state index >= 15 is 0 Å². The van der Waals surface area contributed by atoms with Crippen molar-refractivity contribution in [2.75, 3.05) is 0 Å². The predicted molar refractivity (Wildman–Crippen MR) is 137 cm³/mol. The number of aromatic nitrogens is 1. The van der Waals surface area contributed by atoms with Crippen LogP contribution in [0.1, 0.15) is 69.4 Å². The van der Waals surface area contributed by atoms with Crippen molar-refractivity contribution in [2.24, 2.45) is 0 Å². The van der Waals surface area contributed by atoms with E-state index in [1.807, 2.05) is 43.3 Å². The lowest BCUT2D eigenvalue weighted by Crippen LogP contribution is -2.31. The number of benzene rings is 2. The van der Waals surface area contributed by atoms with Crippen molar-refractivity contribution < 1.29 is 13.5 Å². The first-order valence-electron chi connectivity index (χ1n) is 11.5. The van der Waals surface area contributed by atoms with Gasteiger partial charge in [-0.3, -0.25) is 4.98 Å². The molecule has 0 amide bonds. The third-order valence-electron chi connectivity index (χ3n) is 5.89. The number of nitrogens with zero attached hydrogens (tertiary/aromatic N) is 2. The van der Waals surface area contributed by atoms with Gasteiger partial charge in [0.1, 0.15) is 5.75 Å². The quantitative estimate of drug-likeness (QED) is 0.464. The van der Waals surface area contributed by atoms with Gasteiger partial charge in [0.15, 0.2) is 0 Å². The molecule has 1 aromatic heterocycles. The van der Waals surface area contributed by atoms with E-state index in [9.17, 15) is 13.5 Å². The van der Waals surface area contributed by atoms with E-state index < -0.39 is 10.0 Å². The minimum absolute atomic E-state index is 0.178. The zero-order chi connectivity index (χ0) is 25.3. The Hall–Kier alpha value is -2.70. The molecule has 0 radical (unpaired) electrons. The summed E-state index contributed by atoms with van der Waals surface area (Å²) in [7, 11) is -3.78. The van der Waals surface area contributed by atoms with Crippen molar-refractivity contribution >= 4 is 10.0 Å². The highest BCUT2D eigenvalue weighted by molar-refractivity contribution is 7.89. The molecule has 0 spiro atoms. The highest BCUT2D eigenvalue weighted by Crippen LogP contribution is 2.40. The second-order valence-corrected chi connectivity index (χ2v) is 12.9. The summed E-state index contributed by atoms with van der Waals surface area (Å²) in [4.78, 5) is 4.42. The number of phenols is 1. The molecule has 0 atom stereocenters. The van der Waals surface area contributed by atoms with Crippen LogP contribution in [-0.4, -0.2) is 22.8 Å². The molecule has 0 aliphatic heterocycles. The molecule has 3 rings (SSSR count). The molecule has 5 nitrogen and oxygen atoms in total. The van der Waals surface area contributed by atoms with Crippen molar-refractivity contribution in [3.63, 3.8) is 0 Å². The zero-order valence-electron chi connectivity index (χ0n) is 21.3. The Morgan fingerprint density at radius 2 is 1.38 bits per heavy atom. The topological polar surface area (TPSA) is 70.5 Å². The van der Waals surface area contributed by atoms with Crippen LogP contribution >= 0.6 is 0 Å². The van der Waals surface area contributed by atoms with Crippen LogP contribution in [-0.2, 0) is 33.9 Å². The average molecular weight is 481 g/mol. The number of hydrogen-bond acceptors (Lipinski definition) is 4. The van der Waals surface area contributed by atoms with Crippen LogP contribution in [0.3, 0.4) is 0 Å². The van der Waals surface area contributed by atoms with Crippen molar-refractivity contribution in [3.8, 4) is 5.75 Å². The Morgan fingerprint density at radius 1 is 0.853 bits per heavy atom. The first kappa shape index (κ1) is 25.9. The van der Waals surface area contributed by atoms with Crippen LogP contribution < -0.4 is 0 Å². The third kappa shape index (κ3) is 5.86. The normalized spacial score (nSPS) is 12.8. The highest BCUT2D eigenvalue weighted by Gasteiger charge is 2.29. The van der Waals surface area contributed by atoms with Gasteiger partial charge in [-0.25, -0.2) is 8.42 Å². The third-order valence-corrected chi connectivity index (χ3v) is 7.69. The van der Waals surface area contributed by atoms with E-state index in [-0.39, 0.29) is 34.6 Å². The Labute approximate surface area is 204 Å². The van der Waals surface area contributed by atoms with Crippen LogP contribution in [0, 0.1) is 6.92 Å². The van der Waals surface area contributed by atoms with Crippen LogP contribution in [0.4, 0.5) is 0 Å². The monoisotopic (exact) mass is 480 g/mol. The summed E-state index contributed by atoms with van der Waals surface area (Å²) < 4.78 is 29.0. The van der Waals surface area contributed by atoms with E-state index in [0.29, 0.717) is 0 Å². The fourth-order valence-electron chi connectivity index (χ4n) is 3.91. The number of pyridine rings is 1. The molecule has 1 heterocycles. The van der Waals surface area contributed by atoms with Crippen LogP contribution in [0.15, 0.2) is 65.8 Å². The van der Waals surface area contributed by atoms with E-state index in [1.54, 1.807) is 24.5 Å². The lowest BCUT2D eigenvalue weighted by atomic mass is 9.78. The molecule has 0 aliphatic rings. The molecule has 6 heteroatoms. The minimum atomic E-state index is -3.78. The van der Waals surface area contributed by atoms with Gasteiger partial charge in [-0.05, 0) is 58.2 Å². The summed E-state index contributed by atoms with van der Waals surface area (Å²) in [6.45, 7) is 14.6. The standard InChI is InChI=1S/C28H36N2O3S/c1-20-10-12-23(13-11-20)34(32,33)30(18-21-9-8-14-29-17-21)19-22-15-24(27(2,3)4)26(31)25(16-22)28(5,6)7/h8-17,31H,18-19H2,1-7H3. The maximum absolute atomic E-state index is 13.7. The van der Waals surface area contributed by atoms with E-state index in [0.717, 1.165) is 27.8 Å². The number of phenolic OH excluding ortho intramolecular Hbond substituents is 1. The van der Waals surface area contributed by atoms with Crippen molar-refractivity contribution in [1.29, 1.82) is 0 Å². The molecular formula is C28H36N2O3S. The lowest BCUT2D eigenvalue weighted by molar-refractivity contribution is 0.396. The van der Waals surface area contributed by atoms with Crippen molar-refractivity contribution in [2.45, 2.75) is 77.3 Å². The zero-order valence-corrected chi connectivity index (χ0v) is 22.1. The summed E-state index contributed by atoms with van der Waals surface area (Å²) >= 11 is 0. The molecule has 3 aromatic rings. The van der Waals surface area contributed by atoms with E-state index in [4.69, 9.17) is 0 Å². The summed E-state index contributed by atoms with van der Waals surface area (Å²) in [5.41, 5.74) is 3.67. The Balaban J connectivity index is 2.13. The second-order valence-electron chi connectivity index (χ2n) is 11.0.